The molecule has 3 aromatic carbocycles. The molecule has 0 aliphatic carbocycles. The molecule has 0 aliphatic rings. The lowest BCUT2D eigenvalue weighted by Gasteiger charge is -2.06. The number of nitrogens with zero attached hydrogens (tertiary/aromatic N) is 1. The lowest BCUT2D eigenvalue weighted by molar-refractivity contribution is 1.21. The number of allylic oxidation sites excluding steroid dienone is 4. The number of hydrogen-bond acceptors (Lipinski definition) is 1. The minimum Gasteiger partial charge on any atom is -0.275 e. The van der Waals surface area contributed by atoms with Crippen molar-refractivity contribution in [2.75, 3.05) is 0 Å². The van der Waals surface area contributed by atoms with E-state index in [2.05, 4.69) is 37.4 Å². The quantitative estimate of drug-likeness (QED) is 0.271. The van der Waals surface area contributed by atoms with Crippen molar-refractivity contribution in [2.24, 2.45) is 0 Å². The Morgan fingerprint density at radius 3 is 2.29 bits per heavy atom. The van der Waals surface area contributed by atoms with Crippen LogP contribution in [0.3, 0.4) is 0 Å². The number of rotatable bonds is 3. The molecular weight excluding hydrogens is 342 g/mol. The van der Waals surface area contributed by atoms with Crippen molar-refractivity contribution in [3.05, 3.63) is 107 Å². The molecule has 0 aliphatic heterocycles. The summed E-state index contributed by atoms with van der Waals surface area (Å²) in [6.07, 6.45) is 3.92. The lowest BCUT2D eigenvalue weighted by Crippen LogP contribution is -2.12. The van der Waals surface area contributed by atoms with E-state index in [1.54, 1.807) is 0 Å². The van der Waals surface area contributed by atoms with Gasteiger partial charge in [-0.25, -0.2) is 0 Å². The summed E-state index contributed by atoms with van der Waals surface area (Å²) < 4.78 is 1.86. The highest BCUT2D eigenvalue weighted by atomic mass is 16.1. The summed E-state index contributed by atoms with van der Waals surface area (Å²) in [5, 5.41) is 4.99. The standard InChI is InChI=1S/C26H19NO/c1-4-8-16(2)17(3)18-13-14-24-23(15-18)21-12-7-11-20-19-9-5-6-10-22(19)26(28)27(24)25(20)21/h4-15H,2-3H2,1H3/b8-4-. The van der Waals surface area contributed by atoms with Crippen LogP contribution in [-0.2, 0) is 0 Å². The average molecular weight is 361 g/mol. The molecule has 28 heavy (non-hydrogen) atoms. The van der Waals surface area contributed by atoms with Crippen LogP contribution >= 0.6 is 0 Å². The third-order valence-electron chi connectivity index (χ3n) is 5.54. The summed E-state index contributed by atoms with van der Waals surface area (Å²) in [7, 11) is 0. The molecule has 0 fully saturated rings. The Kier molecular flexibility index (Phi) is 3.50. The minimum absolute atomic E-state index is 0.0270. The minimum atomic E-state index is 0.0270. The van der Waals surface area contributed by atoms with Crippen LogP contribution in [0.15, 0.2) is 96.3 Å². The first-order chi connectivity index (χ1) is 13.6. The summed E-state index contributed by atoms with van der Waals surface area (Å²) in [4.78, 5) is 13.3. The van der Waals surface area contributed by atoms with Crippen LogP contribution in [-0.4, -0.2) is 4.40 Å². The van der Waals surface area contributed by atoms with Crippen molar-refractivity contribution in [3.63, 3.8) is 0 Å². The van der Waals surface area contributed by atoms with Crippen molar-refractivity contribution in [2.45, 2.75) is 6.92 Å². The molecule has 0 bridgehead atoms. The van der Waals surface area contributed by atoms with E-state index in [1.807, 2.05) is 59.9 Å². The predicted molar refractivity (Wildman–Crippen MR) is 120 cm³/mol. The van der Waals surface area contributed by atoms with Gasteiger partial charge in [0.05, 0.1) is 11.0 Å². The highest BCUT2D eigenvalue weighted by Gasteiger charge is 2.17. The Bertz CT molecular complexity index is 1510. The van der Waals surface area contributed by atoms with E-state index in [0.717, 1.165) is 54.7 Å². The average Bonchev–Trinajstić information content (AvgIpc) is 3.06. The second kappa shape index (κ2) is 5.93. The SMILES string of the molecule is C=C(/C=C\C)C(=C)c1ccc2c(c1)c1cccc3c4ccccc4c(=O)n2c31. The largest absolute Gasteiger partial charge is 0.275 e. The molecule has 0 N–H and O–H groups in total. The molecule has 2 nitrogen and oxygen atoms in total. The Morgan fingerprint density at radius 2 is 1.54 bits per heavy atom. The number of benzene rings is 3. The van der Waals surface area contributed by atoms with Gasteiger partial charge in [0.2, 0.25) is 0 Å². The van der Waals surface area contributed by atoms with Gasteiger partial charge in [0.1, 0.15) is 0 Å². The summed E-state index contributed by atoms with van der Waals surface area (Å²) >= 11 is 0. The van der Waals surface area contributed by atoms with Gasteiger partial charge >= 0.3 is 0 Å². The second-order valence-electron chi connectivity index (χ2n) is 7.12. The fraction of sp³-hybridized carbons (Fsp3) is 0.0385. The molecule has 2 heterocycles. The van der Waals surface area contributed by atoms with Crippen molar-refractivity contribution < 1.29 is 0 Å². The highest BCUT2D eigenvalue weighted by molar-refractivity contribution is 6.20. The van der Waals surface area contributed by atoms with Gasteiger partial charge < -0.3 is 0 Å². The molecular formula is C26H19NO. The summed E-state index contributed by atoms with van der Waals surface area (Å²) in [5.74, 6) is 0. The van der Waals surface area contributed by atoms with E-state index in [0.29, 0.717) is 0 Å². The number of pyridine rings is 1. The Balaban J connectivity index is 1.94. The summed E-state index contributed by atoms with van der Waals surface area (Å²) in [6.45, 7) is 10.3. The molecule has 0 spiro atoms. The lowest BCUT2D eigenvalue weighted by atomic mass is 9.98. The molecule has 5 rings (SSSR count). The maximum absolute atomic E-state index is 13.3. The number of aromatic nitrogens is 1. The predicted octanol–water partition coefficient (Wildman–Crippen LogP) is 6.34. The maximum atomic E-state index is 13.3. The van der Waals surface area contributed by atoms with Crippen LogP contribution in [0.4, 0.5) is 0 Å². The maximum Gasteiger partial charge on any atom is 0.263 e. The Hall–Kier alpha value is -3.65. The third-order valence-corrected chi connectivity index (χ3v) is 5.54. The van der Waals surface area contributed by atoms with E-state index < -0.39 is 0 Å². The molecule has 0 saturated carbocycles. The molecule has 2 heteroatoms. The van der Waals surface area contributed by atoms with Crippen molar-refractivity contribution >= 4 is 43.5 Å². The van der Waals surface area contributed by atoms with Crippen LogP contribution in [0.2, 0.25) is 0 Å². The first-order valence-electron chi connectivity index (χ1n) is 9.34. The third kappa shape index (κ3) is 2.12. The fourth-order valence-corrected chi connectivity index (χ4v) is 4.20. The van der Waals surface area contributed by atoms with E-state index in [9.17, 15) is 4.79 Å². The molecule has 134 valence electrons. The molecule has 5 aromatic rings. The number of fused-ring (bicyclic) bond motifs is 5. The van der Waals surface area contributed by atoms with Gasteiger partial charge in [-0.2, -0.15) is 0 Å². The van der Waals surface area contributed by atoms with E-state index in [4.69, 9.17) is 0 Å². The van der Waals surface area contributed by atoms with Gasteiger partial charge in [0.15, 0.2) is 0 Å². The fourth-order valence-electron chi connectivity index (χ4n) is 4.20. The monoisotopic (exact) mass is 361 g/mol. The van der Waals surface area contributed by atoms with E-state index >= 15 is 0 Å². The first kappa shape index (κ1) is 16.5. The molecule has 0 saturated heterocycles. The van der Waals surface area contributed by atoms with Gasteiger partial charge in [0, 0.05) is 21.5 Å². The van der Waals surface area contributed by atoms with Crippen LogP contribution in [0, 0.1) is 0 Å². The normalized spacial score (nSPS) is 12.0. The molecule has 2 aromatic heterocycles. The molecule has 0 unspecified atom stereocenters. The molecule has 0 radical (unpaired) electrons. The zero-order valence-electron chi connectivity index (χ0n) is 15.7. The first-order valence-corrected chi connectivity index (χ1v) is 9.34. The van der Waals surface area contributed by atoms with Gasteiger partial charge in [-0.1, -0.05) is 67.8 Å². The van der Waals surface area contributed by atoms with Gasteiger partial charge in [-0.15, -0.1) is 0 Å². The van der Waals surface area contributed by atoms with Crippen LogP contribution < -0.4 is 5.56 Å². The smallest absolute Gasteiger partial charge is 0.263 e. The Labute approximate surface area is 162 Å². The van der Waals surface area contributed by atoms with Crippen molar-refractivity contribution in [3.8, 4) is 0 Å². The van der Waals surface area contributed by atoms with E-state index in [-0.39, 0.29) is 5.56 Å². The van der Waals surface area contributed by atoms with Crippen LogP contribution in [0.1, 0.15) is 12.5 Å². The van der Waals surface area contributed by atoms with Gasteiger partial charge in [-0.3, -0.25) is 9.20 Å². The number of para-hydroxylation sites is 1. The number of hydrogen-bond donors (Lipinski definition) is 0. The second-order valence-corrected chi connectivity index (χ2v) is 7.12. The van der Waals surface area contributed by atoms with Crippen LogP contribution in [0.5, 0.6) is 0 Å². The Morgan fingerprint density at radius 1 is 0.857 bits per heavy atom. The molecule has 0 amide bonds. The van der Waals surface area contributed by atoms with Gasteiger partial charge in [0.25, 0.3) is 5.56 Å². The van der Waals surface area contributed by atoms with Crippen molar-refractivity contribution in [1.82, 2.24) is 4.40 Å². The topological polar surface area (TPSA) is 21.5 Å². The highest BCUT2D eigenvalue weighted by Crippen LogP contribution is 2.35. The zero-order chi connectivity index (χ0) is 19.4. The zero-order valence-corrected chi connectivity index (χ0v) is 15.7. The van der Waals surface area contributed by atoms with Crippen LogP contribution in [0.25, 0.3) is 43.5 Å². The van der Waals surface area contributed by atoms with E-state index in [1.165, 1.54) is 0 Å². The van der Waals surface area contributed by atoms with Crippen molar-refractivity contribution in [1.29, 1.82) is 0 Å². The van der Waals surface area contributed by atoms with Gasteiger partial charge in [-0.05, 0) is 47.2 Å². The summed E-state index contributed by atoms with van der Waals surface area (Å²) in [5.41, 5.74) is 4.73. The summed E-state index contributed by atoms with van der Waals surface area (Å²) in [6, 6.07) is 20.2. The molecule has 0 atom stereocenters.